The second kappa shape index (κ2) is 9.22. The summed E-state index contributed by atoms with van der Waals surface area (Å²) in [5, 5.41) is 10.7. The van der Waals surface area contributed by atoms with Crippen LogP contribution in [0.2, 0.25) is 5.02 Å². The number of piperazine rings is 1. The van der Waals surface area contributed by atoms with Crippen molar-refractivity contribution in [2.24, 2.45) is 0 Å². The molecule has 2 aliphatic heterocycles. The number of hydrogen-bond donors (Lipinski definition) is 1. The van der Waals surface area contributed by atoms with E-state index in [2.05, 4.69) is 25.8 Å². The number of nitrogens with zero attached hydrogens (tertiary/aromatic N) is 4. The van der Waals surface area contributed by atoms with Gasteiger partial charge in [0.05, 0.1) is 10.5 Å². The maximum atomic E-state index is 14.0. The van der Waals surface area contributed by atoms with E-state index in [1.807, 2.05) is 24.4 Å². The van der Waals surface area contributed by atoms with Gasteiger partial charge in [-0.15, -0.1) is 0 Å². The van der Waals surface area contributed by atoms with Gasteiger partial charge in [0.1, 0.15) is 0 Å². The number of aromatic hydroxyl groups is 1. The number of anilines is 1. The van der Waals surface area contributed by atoms with Crippen molar-refractivity contribution in [3.8, 4) is 16.9 Å². The van der Waals surface area contributed by atoms with Gasteiger partial charge in [-0.2, -0.15) is 0 Å². The Morgan fingerprint density at radius 1 is 0.875 bits per heavy atom. The first-order valence-corrected chi connectivity index (χ1v) is 11.7. The Morgan fingerprint density at radius 2 is 1.59 bits per heavy atom. The number of benzene rings is 2. The summed E-state index contributed by atoms with van der Waals surface area (Å²) >= 11 is 6.00. The lowest BCUT2D eigenvalue weighted by Gasteiger charge is -2.37. The Balaban J connectivity index is 1.35. The summed E-state index contributed by atoms with van der Waals surface area (Å²) in [5.74, 6) is -1.23. The zero-order valence-electron chi connectivity index (χ0n) is 18.1. The third-order valence-electron chi connectivity index (χ3n) is 6.71. The lowest BCUT2D eigenvalue weighted by Crippen LogP contribution is -2.48. The van der Waals surface area contributed by atoms with E-state index < -0.39 is 11.6 Å². The molecule has 7 heteroatoms. The van der Waals surface area contributed by atoms with E-state index in [0.29, 0.717) is 5.56 Å². The first kappa shape index (κ1) is 21.4. The number of phenolic OH excluding ortho intramolecular Hbond substituents is 1. The third kappa shape index (κ3) is 4.40. The molecule has 2 fully saturated rings. The van der Waals surface area contributed by atoms with E-state index in [1.165, 1.54) is 38.5 Å². The van der Waals surface area contributed by atoms with Crippen molar-refractivity contribution in [2.75, 3.05) is 57.3 Å². The number of hydrogen-bond acceptors (Lipinski definition) is 5. The largest absolute Gasteiger partial charge is 0.504 e. The molecule has 0 spiro atoms. The van der Waals surface area contributed by atoms with Crippen molar-refractivity contribution < 1.29 is 9.50 Å². The highest BCUT2D eigenvalue weighted by Gasteiger charge is 2.20. The molecule has 0 atom stereocenters. The van der Waals surface area contributed by atoms with Crippen LogP contribution < -0.4 is 4.90 Å². The molecule has 3 aromatic rings. The quantitative estimate of drug-likeness (QED) is 0.609. The fraction of sp³-hybridized carbons (Fsp3) is 0.400. The molecule has 32 heavy (non-hydrogen) atoms. The molecule has 5 rings (SSSR count). The molecule has 0 radical (unpaired) electrons. The number of phenols is 1. The van der Waals surface area contributed by atoms with Gasteiger partial charge in [-0.3, -0.25) is 9.88 Å². The fourth-order valence-corrected chi connectivity index (χ4v) is 5.03. The minimum atomic E-state index is -0.718. The van der Waals surface area contributed by atoms with Crippen molar-refractivity contribution in [3.05, 3.63) is 53.4 Å². The Bertz CT molecular complexity index is 1090. The molecule has 0 aliphatic carbocycles. The molecule has 1 N–H and O–H groups in total. The summed E-state index contributed by atoms with van der Waals surface area (Å²) in [5.41, 5.74) is 3.54. The Kier molecular flexibility index (Phi) is 6.17. The first-order valence-electron chi connectivity index (χ1n) is 11.4. The summed E-state index contributed by atoms with van der Waals surface area (Å²) in [6, 6.07) is 10.9. The molecule has 0 unspecified atom stereocenters. The van der Waals surface area contributed by atoms with Gasteiger partial charge in [0.15, 0.2) is 11.6 Å². The van der Waals surface area contributed by atoms with Crippen LogP contribution in [0.25, 0.3) is 22.0 Å². The number of likely N-dealkylation sites (tertiary alicyclic amines) is 1. The monoisotopic (exact) mass is 454 g/mol. The molecule has 5 nitrogen and oxygen atoms in total. The molecule has 2 saturated heterocycles. The highest BCUT2D eigenvalue weighted by atomic mass is 35.5. The summed E-state index contributed by atoms with van der Waals surface area (Å²) < 4.78 is 14.0. The van der Waals surface area contributed by atoms with Crippen LogP contribution in [0.3, 0.4) is 0 Å². The van der Waals surface area contributed by atoms with Gasteiger partial charge in [-0.1, -0.05) is 17.7 Å². The second-order valence-corrected chi connectivity index (χ2v) is 9.14. The standard InChI is InChI=1S/C25H28ClFN4O/c26-21-16-19(17-22(27)25(21)32)18-3-4-23-20(15-18)24(5-6-28-23)31-13-11-30(12-14-31)10-9-29-7-1-2-8-29/h3-6,15-17,32H,1-2,7-14H2. The number of rotatable bonds is 5. The van der Waals surface area contributed by atoms with E-state index >= 15 is 0 Å². The summed E-state index contributed by atoms with van der Waals surface area (Å²) in [4.78, 5) is 12.1. The number of pyridine rings is 1. The molecule has 168 valence electrons. The molecule has 0 bridgehead atoms. The molecule has 1 aromatic heterocycles. The summed E-state index contributed by atoms with van der Waals surface area (Å²) in [6.45, 7) is 8.87. The van der Waals surface area contributed by atoms with Crippen LogP contribution in [0.1, 0.15) is 12.8 Å². The van der Waals surface area contributed by atoms with Crippen LogP contribution in [-0.2, 0) is 0 Å². The maximum Gasteiger partial charge on any atom is 0.170 e. The van der Waals surface area contributed by atoms with Crippen molar-refractivity contribution in [3.63, 3.8) is 0 Å². The summed E-state index contributed by atoms with van der Waals surface area (Å²) in [7, 11) is 0. The van der Waals surface area contributed by atoms with E-state index in [1.54, 1.807) is 6.07 Å². The van der Waals surface area contributed by atoms with E-state index in [9.17, 15) is 9.50 Å². The van der Waals surface area contributed by atoms with Crippen molar-refractivity contribution in [2.45, 2.75) is 12.8 Å². The predicted octanol–water partition coefficient (Wildman–Crippen LogP) is 4.62. The molecular formula is C25H28ClFN4O. The molecule has 0 saturated carbocycles. The molecular weight excluding hydrogens is 427 g/mol. The fourth-order valence-electron chi connectivity index (χ4n) is 4.82. The zero-order valence-corrected chi connectivity index (χ0v) is 18.9. The average Bonchev–Trinajstić information content (AvgIpc) is 3.34. The van der Waals surface area contributed by atoms with Gasteiger partial charge >= 0.3 is 0 Å². The van der Waals surface area contributed by atoms with Crippen LogP contribution in [0.5, 0.6) is 5.75 Å². The van der Waals surface area contributed by atoms with Crippen LogP contribution in [0.4, 0.5) is 10.1 Å². The number of halogens is 2. The summed E-state index contributed by atoms with van der Waals surface area (Å²) in [6.07, 6.45) is 4.54. The molecule has 2 aromatic carbocycles. The third-order valence-corrected chi connectivity index (χ3v) is 7.00. The molecule has 2 aliphatic rings. The van der Waals surface area contributed by atoms with E-state index in [4.69, 9.17) is 11.6 Å². The predicted molar refractivity (Wildman–Crippen MR) is 128 cm³/mol. The minimum absolute atomic E-state index is 0.0107. The first-order chi connectivity index (χ1) is 15.6. The molecule has 3 heterocycles. The van der Waals surface area contributed by atoms with Gasteiger partial charge in [0.2, 0.25) is 0 Å². The Morgan fingerprint density at radius 3 is 2.31 bits per heavy atom. The smallest absolute Gasteiger partial charge is 0.170 e. The maximum absolute atomic E-state index is 14.0. The number of fused-ring (bicyclic) bond motifs is 1. The van der Waals surface area contributed by atoms with Crippen molar-refractivity contribution in [1.82, 2.24) is 14.8 Å². The minimum Gasteiger partial charge on any atom is -0.504 e. The topological polar surface area (TPSA) is 42.8 Å². The SMILES string of the molecule is Oc1c(F)cc(-c2ccc3nccc(N4CCN(CCN5CCCC5)CC4)c3c2)cc1Cl. The molecule has 0 amide bonds. The normalized spacial score (nSPS) is 18.0. The van der Waals surface area contributed by atoms with Crippen molar-refractivity contribution in [1.29, 1.82) is 0 Å². The van der Waals surface area contributed by atoms with Gasteiger partial charge in [-0.05, 0) is 67.4 Å². The lowest BCUT2D eigenvalue weighted by molar-refractivity contribution is 0.215. The Hall–Kier alpha value is -2.41. The van der Waals surface area contributed by atoms with Gasteiger partial charge in [0.25, 0.3) is 0 Å². The van der Waals surface area contributed by atoms with Crippen LogP contribution >= 0.6 is 11.6 Å². The highest BCUT2D eigenvalue weighted by molar-refractivity contribution is 6.32. The highest BCUT2D eigenvalue weighted by Crippen LogP contribution is 2.35. The van der Waals surface area contributed by atoms with Crippen LogP contribution in [0.15, 0.2) is 42.6 Å². The van der Waals surface area contributed by atoms with Crippen LogP contribution in [-0.4, -0.2) is 72.2 Å². The van der Waals surface area contributed by atoms with Crippen molar-refractivity contribution >= 4 is 28.2 Å². The van der Waals surface area contributed by atoms with E-state index in [-0.39, 0.29) is 5.02 Å². The van der Waals surface area contributed by atoms with Gasteiger partial charge in [-0.25, -0.2) is 4.39 Å². The number of aromatic nitrogens is 1. The van der Waals surface area contributed by atoms with Gasteiger partial charge < -0.3 is 14.9 Å². The van der Waals surface area contributed by atoms with E-state index in [0.717, 1.165) is 54.9 Å². The second-order valence-electron chi connectivity index (χ2n) is 8.73. The Labute approximate surface area is 193 Å². The average molecular weight is 455 g/mol. The lowest BCUT2D eigenvalue weighted by atomic mass is 10.0. The zero-order chi connectivity index (χ0) is 22.1. The van der Waals surface area contributed by atoms with Gasteiger partial charge in [0, 0.05) is 56.5 Å². The van der Waals surface area contributed by atoms with Crippen LogP contribution in [0, 0.1) is 5.82 Å².